The summed E-state index contributed by atoms with van der Waals surface area (Å²) in [6.07, 6.45) is -0.253. The Labute approximate surface area is 175 Å². The van der Waals surface area contributed by atoms with Gasteiger partial charge < -0.3 is 9.29 Å². The molecule has 2 aromatic carbocycles. The van der Waals surface area contributed by atoms with Crippen molar-refractivity contribution in [1.82, 2.24) is 4.31 Å². The van der Waals surface area contributed by atoms with E-state index in [0.29, 0.717) is 5.56 Å². The molecule has 0 fully saturated rings. The van der Waals surface area contributed by atoms with Crippen molar-refractivity contribution in [3.05, 3.63) is 48.0 Å². The molecule has 0 aromatic heterocycles. The molecule has 2 rings (SSSR count). The quantitative estimate of drug-likeness (QED) is 0.573. The van der Waals surface area contributed by atoms with E-state index in [0.717, 1.165) is 22.5 Å². The number of nitriles is 2. The first-order valence-corrected chi connectivity index (χ1v) is 11.5. The number of sulfonamides is 1. The lowest BCUT2D eigenvalue weighted by Gasteiger charge is -2.21. The minimum absolute atomic E-state index is 0.126. The van der Waals surface area contributed by atoms with Crippen LogP contribution in [0.5, 0.6) is 11.5 Å². The third-order valence-corrected chi connectivity index (χ3v) is 7.32. The zero-order chi connectivity index (χ0) is 22.4. The van der Waals surface area contributed by atoms with Crippen LogP contribution in [-0.2, 0) is 20.1 Å². The second-order valence-electron chi connectivity index (χ2n) is 6.21. The van der Waals surface area contributed by atoms with Crippen LogP contribution in [0.3, 0.4) is 0 Å². The van der Waals surface area contributed by atoms with E-state index >= 15 is 0 Å². The summed E-state index contributed by atoms with van der Waals surface area (Å²) in [7, 11) is -8.93. The van der Waals surface area contributed by atoms with Gasteiger partial charge in [0.15, 0.2) is 0 Å². The Balaban J connectivity index is 2.51. The molecule has 0 saturated heterocycles. The average molecular weight is 450 g/mol. The molecule has 30 heavy (non-hydrogen) atoms. The van der Waals surface area contributed by atoms with Gasteiger partial charge in [0.05, 0.1) is 12.1 Å². The van der Waals surface area contributed by atoms with E-state index in [9.17, 15) is 21.9 Å². The Morgan fingerprint density at radius 3 is 2.07 bits per heavy atom. The summed E-state index contributed by atoms with van der Waals surface area (Å²) in [5.41, 5.74) is 0.542. The van der Waals surface area contributed by atoms with Crippen LogP contribution in [0.25, 0.3) is 0 Å². The fourth-order valence-electron chi connectivity index (χ4n) is 2.66. The fourth-order valence-corrected chi connectivity index (χ4v) is 5.79. The van der Waals surface area contributed by atoms with E-state index in [1.807, 2.05) is 12.1 Å². The highest BCUT2D eigenvalue weighted by Crippen LogP contribution is 2.29. The highest BCUT2D eigenvalue weighted by atomic mass is 32.2. The van der Waals surface area contributed by atoms with Gasteiger partial charge in [0, 0.05) is 32.0 Å². The van der Waals surface area contributed by atoms with Gasteiger partial charge in [0.2, 0.25) is 10.0 Å². The number of phenols is 1. The summed E-state index contributed by atoms with van der Waals surface area (Å²) in [4.78, 5) is -1.12. The van der Waals surface area contributed by atoms with Crippen molar-refractivity contribution in [3.63, 3.8) is 0 Å². The number of hydrogen-bond acceptors (Lipinski definition) is 8. The van der Waals surface area contributed by atoms with E-state index in [-0.39, 0.29) is 37.4 Å². The zero-order valence-electron chi connectivity index (χ0n) is 16.0. The lowest BCUT2D eigenvalue weighted by molar-refractivity contribution is 0.422. The molecule has 0 unspecified atom stereocenters. The summed E-state index contributed by atoms with van der Waals surface area (Å²) in [5.74, 6) is -0.384. The Morgan fingerprint density at radius 2 is 1.53 bits per heavy atom. The summed E-state index contributed by atoms with van der Waals surface area (Å²) < 4.78 is 57.9. The lowest BCUT2D eigenvalue weighted by atomic mass is 10.2. The normalized spacial score (nSPS) is 11.6. The molecular weight excluding hydrogens is 430 g/mol. The molecule has 11 heteroatoms. The van der Waals surface area contributed by atoms with Crippen LogP contribution in [0.2, 0.25) is 0 Å². The smallest absolute Gasteiger partial charge is 0.340 e. The van der Waals surface area contributed by atoms with Crippen LogP contribution >= 0.6 is 0 Å². The number of nitrogens with zero attached hydrogens (tertiary/aromatic N) is 3. The summed E-state index contributed by atoms with van der Waals surface area (Å²) in [6, 6.07) is 12.4. The third-order valence-electron chi connectivity index (χ3n) is 3.92. The largest absolute Gasteiger partial charge is 0.508 e. The first kappa shape index (κ1) is 23.2. The van der Waals surface area contributed by atoms with Gasteiger partial charge in [-0.15, -0.1) is 0 Å². The molecule has 0 aliphatic carbocycles. The number of phenolic OH excluding ortho intramolecular Hbond substituents is 1. The molecule has 0 atom stereocenters. The zero-order valence-corrected chi connectivity index (χ0v) is 17.6. The monoisotopic (exact) mass is 449 g/mol. The van der Waals surface area contributed by atoms with Crippen molar-refractivity contribution >= 4 is 20.1 Å². The Hall–Kier alpha value is -3.12. The molecular formula is C19H19N3O6S2. The molecule has 9 nitrogen and oxygen atoms in total. The molecule has 158 valence electrons. The van der Waals surface area contributed by atoms with Gasteiger partial charge in [-0.3, -0.25) is 0 Å². The van der Waals surface area contributed by atoms with Crippen LogP contribution in [0.1, 0.15) is 18.4 Å². The van der Waals surface area contributed by atoms with Gasteiger partial charge in [0.1, 0.15) is 21.3 Å². The molecule has 0 saturated carbocycles. The van der Waals surface area contributed by atoms with Crippen molar-refractivity contribution in [2.45, 2.75) is 29.6 Å². The maximum Gasteiger partial charge on any atom is 0.340 e. The van der Waals surface area contributed by atoms with Crippen molar-refractivity contribution in [3.8, 4) is 23.6 Å². The van der Waals surface area contributed by atoms with Crippen LogP contribution in [0.4, 0.5) is 0 Å². The molecule has 0 bridgehead atoms. The molecule has 2 aromatic rings. The van der Waals surface area contributed by atoms with E-state index < -0.39 is 29.9 Å². The van der Waals surface area contributed by atoms with E-state index in [4.69, 9.17) is 14.7 Å². The van der Waals surface area contributed by atoms with Gasteiger partial charge in [-0.05, 0) is 36.8 Å². The van der Waals surface area contributed by atoms with Gasteiger partial charge in [-0.2, -0.15) is 23.2 Å². The predicted octanol–water partition coefficient (Wildman–Crippen LogP) is 2.29. The van der Waals surface area contributed by atoms with E-state index in [1.165, 1.54) is 24.3 Å². The molecule has 0 spiro atoms. The number of aromatic hydroxyl groups is 1. The third kappa shape index (κ3) is 5.48. The minimum atomic E-state index is -4.58. The molecule has 0 radical (unpaired) electrons. The van der Waals surface area contributed by atoms with Gasteiger partial charge in [-0.25, -0.2) is 8.42 Å². The van der Waals surface area contributed by atoms with Crippen LogP contribution in [0, 0.1) is 29.6 Å². The topological polar surface area (TPSA) is 149 Å². The van der Waals surface area contributed by atoms with Gasteiger partial charge in [-0.1, -0.05) is 12.1 Å². The van der Waals surface area contributed by atoms with E-state index in [1.54, 1.807) is 6.92 Å². The SMILES string of the molecule is Cc1cc(O)cc(OS(=O)(=O)c2ccccc2S(=O)(=O)N(CCC#N)CCC#N)c1. The Morgan fingerprint density at radius 1 is 0.967 bits per heavy atom. The van der Waals surface area contributed by atoms with Crippen LogP contribution in [-0.4, -0.2) is 39.3 Å². The average Bonchev–Trinajstić information content (AvgIpc) is 2.66. The second kappa shape index (κ2) is 9.59. The van der Waals surface area contributed by atoms with Crippen molar-refractivity contribution in [1.29, 1.82) is 10.5 Å². The fraction of sp³-hybridized carbons (Fsp3) is 0.263. The molecule has 1 N–H and O–H groups in total. The lowest BCUT2D eigenvalue weighted by Crippen LogP contribution is -2.34. The summed E-state index contributed by atoms with van der Waals surface area (Å²) >= 11 is 0. The highest BCUT2D eigenvalue weighted by Gasteiger charge is 2.32. The summed E-state index contributed by atoms with van der Waals surface area (Å²) in [6.45, 7) is 1.24. The van der Waals surface area contributed by atoms with Gasteiger partial charge >= 0.3 is 10.1 Å². The van der Waals surface area contributed by atoms with Crippen molar-refractivity contribution in [2.24, 2.45) is 0 Å². The van der Waals surface area contributed by atoms with Crippen LogP contribution < -0.4 is 4.18 Å². The second-order valence-corrected chi connectivity index (χ2v) is 9.63. The molecule has 0 heterocycles. The predicted molar refractivity (Wildman–Crippen MR) is 106 cm³/mol. The number of hydrogen-bond donors (Lipinski definition) is 1. The summed E-state index contributed by atoms with van der Waals surface area (Å²) in [5, 5.41) is 27.2. The van der Waals surface area contributed by atoms with Gasteiger partial charge in [0.25, 0.3) is 0 Å². The highest BCUT2D eigenvalue weighted by molar-refractivity contribution is 7.91. The number of rotatable bonds is 9. The van der Waals surface area contributed by atoms with Crippen LogP contribution in [0.15, 0.2) is 52.3 Å². The Kier molecular flexibility index (Phi) is 7.40. The minimum Gasteiger partial charge on any atom is -0.508 e. The van der Waals surface area contributed by atoms with Crippen molar-refractivity contribution in [2.75, 3.05) is 13.1 Å². The maximum atomic E-state index is 13.1. The standard InChI is InChI=1S/C19H19N3O6S2/c1-15-12-16(23)14-17(13-15)28-30(26,27)19-7-3-2-6-18(19)29(24,25)22(10-4-8-20)11-5-9-21/h2-3,6-7,12-14,23H,4-5,10-11H2,1H3. The molecule has 0 aliphatic heterocycles. The molecule has 0 aliphatic rings. The first-order valence-electron chi connectivity index (χ1n) is 8.70. The van der Waals surface area contributed by atoms with E-state index in [2.05, 4.69) is 0 Å². The molecule has 0 amide bonds. The number of aryl methyl sites for hydroxylation is 1. The number of benzene rings is 2. The maximum absolute atomic E-state index is 13.1. The van der Waals surface area contributed by atoms with Crippen molar-refractivity contribution < 1.29 is 26.1 Å². The Bertz CT molecular complexity index is 1170. The first-order chi connectivity index (χ1) is 14.1.